The van der Waals surface area contributed by atoms with Crippen LogP contribution < -0.4 is 20.3 Å². The van der Waals surface area contributed by atoms with E-state index >= 15 is 0 Å². The van der Waals surface area contributed by atoms with Crippen molar-refractivity contribution in [3.8, 4) is 5.75 Å². The Hall–Kier alpha value is -2.40. The van der Waals surface area contributed by atoms with Crippen LogP contribution in [0.4, 0.5) is 5.69 Å². The summed E-state index contributed by atoms with van der Waals surface area (Å²) in [7, 11) is 3.47. The zero-order chi connectivity index (χ0) is 18.4. The number of nitrogens with zero attached hydrogens (tertiary/aromatic N) is 2. The van der Waals surface area contributed by atoms with Gasteiger partial charge in [-0.25, -0.2) is 0 Å². The maximum Gasteiger partial charge on any atom is 0.191 e. The lowest BCUT2D eigenvalue weighted by molar-refractivity contribution is 0.414. The van der Waals surface area contributed by atoms with Crippen molar-refractivity contribution in [1.29, 1.82) is 0 Å². The van der Waals surface area contributed by atoms with Crippen molar-refractivity contribution in [3.05, 3.63) is 59.1 Å². The van der Waals surface area contributed by atoms with Gasteiger partial charge in [0.15, 0.2) is 5.96 Å². The van der Waals surface area contributed by atoms with Gasteiger partial charge in [0, 0.05) is 43.4 Å². The van der Waals surface area contributed by atoms with Gasteiger partial charge >= 0.3 is 0 Å². The van der Waals surface area contributed by atoms with Crippen LogP contribution in [0.2, 0.25) is 5.02 Å². The SMILES string of the molecule is CN=C(NCc1ccc(OC)cc1)NC1CCN(c2cccc(Cl)c2)C1. The molecular formula is C20H25ClN4O. The maximum absolute atomic E-state index is 6.11. The van der Waals surface area contributed by atoms with Gasteiger partial charge in [0.1, 0.15) is 5.75 Å². The number of benzene rings is 2. The van der Waals surface area contributed by atoms with Crippen LogP contribution in [0.1, 0.15) is 12.0 Å². The van der Waals surface area contributed by atoms with E-state index in [1.807, 2.05) is 30.3 Å². The first kappa shape index (κ1) is 18.4. The molecule has 6 heteroatoms. The summed E-state index contributed by atoms with van der Waals surface area (Å²) in [5, 5.41) is 7.66. The van der Waals surface area contributed by atoms with E-state index in [-0.39, 0.29) is 0 Å². The van der Waals surface area contributed by atoms with Crippen molar-refractivity contribution in [2.75, 3.05) is 32.1 Å². The Morgan fingerprint density at radius 3 is 2.77 bits per heavy atom. The summed E-state index contributed by atoms with van der Waals surface area (Å²) in [6.45, 7) is 2.66. The predicted molar refractivity (Wildman–Crippen MR) is 108 cm³/mol. The van der Waals surface area contributed by atoms with Crippen LogP contribution in [0.25, 0.3) is 0 Å². The first-order valence-corrected chi connectivity index (χ1v) is 9.16. The number of rotatable bonds is 5. The number of methoxy groups -OCH3 is 1. The predicted octanol–water partition coefficient (Wildman–Crippen LogP) is 3.29. The van der Waals surface area contributed by atoms with Gasteiger partial charge in [-0.15, -0.1) is 0 Å². The number of aliphatic imine (C=N–C) groups is 1. The lowest BCUT2D eigenvalue weighted by Crippen LogP contribution is -2.44. The molecule has 1 heterocycles. The van der Waals surface area contributed by atoms with E-state index in [9.17, 15) is 0 Å². The molecule has 26 heavy (non-hydrogen) atoms. The van der Waals surface area contributed by atoms with Gasteiger partial charge in [0.2, 0.25) is 0 Å². The molecular weight excluding hydrogens is 348 g/mol. The van der Waals surface area contributed by atoms with Crippen molar-refractivity contribution in [2.24, 2.45) is 4.99 Å². The molecule has 1 unspecified atom stereocenters. The van der Waals surface area contributed by atoms with Crippen LogP contribution in [0, 0.1) is 0 Å². The Kier molecular flexibility index (Phi) is 6.23. The fourth-order valence-corrected chi connectivity index (χ4v) is 3.29. The summed E-state index contributed by atoms with van der Waals surface area (Å²) in [5.74, 6) is 1.68. The first-order valence-electron chi connectivity index (χ1n) is 8.78. The van der Waals surface area contributed by atoms with Gasteiger partial charge in [0.25, 0.3) is 0 Å². The highest BCUT2D eigenvalue weighted by Gasteiger charge is 2.23. The van der Waals surface area contributed by atoms with Crippen molar-refractivity contribution in [2.45, 2.75) is 19.0 Å². The normalized spacial score (nSPS) is 17.3. The molecule has 1 aliphatic heterocycles. The van der Waals surface area contributed by atoms with Crippen molar-refractivity contribution in [3.63, 3.8) is 0 Å². The van der Waals surface area contributed by atoms with Gasteiger partial charge < -0.3 is 20.3 Å². The van der Waals surface area contributed by atoms with Crippen molar-refractivity contribution < 1.29 is 4.74 Å². The fraction of sp³-hybridized carbons (Fsp3) is 0.350. The molecule has 0 radical (unpaired) electrons. The third-order valence-corrected chi connectivity index (χ3v) is 4.78. The summed E-state index contributed by atoms with van der Waals surface area (Å²) in [6, 6.07) is 16.4. The van der Waals surface area contributed by atoms with Crippen LogP contribution in [0.5, 0.6) is 5.75 Å². The second kappa shape index (κ2) is 8.81. The highest BCUT2D eigenvalue weighted by atomic mass is 35.5. The highest BCUT2D eigenvalue weighted by Crippen LogP contribution is 2.23. The smallest absolute Gasteiger partial charge is 0.191 e. The second-order valence-electron chi connectivity index (χ2n) is 6.33. The molecule has 0 saturated carbocycles. The van der Waals surface area contributed by atoms with Crippen LogP contribution in [0.15, 0.2) is 53.5 Å². The number of ether oxygens (including phenoxy) is 1. The summed E-state index contributed by atoms with van der Waals surface area (Å²) in [6.07, 6.45) is 1.07. The summed E-state index contributed by atoms with van der Waals surface area (Å²) in [4.78, 5) is 6.69. The Morgan fingerprint density at radius 2 is 2.08 bits per heavy atom. The minimum Gasteiger partial charge on any atom is -0.497 e. The third-order valence-electron chi connectivity index (χ3n) is 4.55. The molecule has 2 aromatic rings. The number of halogens is 1. The summed E-state index contributed by atoms with van der Waals surface area (Å²) >= 11 is 6.11. The molecule has 5 nitrogen and oxygen atoms in total. The molecule has 1 atom stereocenters. The average molecular weight is 373 g/mol. The lowest BCUT2D eigenvalue weighted by Gasteiger charge is -2.20. The van der Waals surface area contributed by atoms with E-state index in [2.05, 4.69) is 38.7 Å². The average Bonchev–Trinajstić information content (AvgIpc) is 3.14. The lowest BCUT2D eigenvalue weighted by atomic mass is 10.2. The number of hydrogen-bond donors (Lipinski definition) is 2. The van der Waals surface area contributed by atoms with Crippen molar-refractivity contribution >= 4 is 23.2 Å². The minimum absolute atomic E-state index is 0.357. The van der Waals surface area contributed by atoms with E-state index in [4.69, 9.17) is 16.3 Å². The molecule has 0 bridgehead atoms. The summed E-state index contributed by atoms with van der Waals surface area (Å²) in [5.41, 5.74) is 2.35. The fourth-order valence-electron chi connectivity index (χ4n) is 3.10. The minimum atomic E-state index is 0.357. The van der Waals surface area contributed by atoms with E-state index in [0.717, 1.165) is 36.2 Å². The monoisotopic (exact) mass is 372 g/mol. The van der Waals surface area contributed by atoms with Crippen LogP contribution >= 0.6 is 11.6 Å². The van der Waals surface area contributed by atoms with Gasteiger partial charge in [-0.2, -0.15) is 0 Å². The number of guanidine groups is 1. The van der Waals surface area contributed by atoms with Gasteiger partial charge in [-0.1, -0.05) is 29.8 Å². The summed E-state index contributed by atoms with van der Waals surface area (Å²) < 4.78 is 5.19. The van der Waals surface area contributed by atoms with Crippen LogP contribution in [-0.4, -0.2) is 39.2 Å². The molecule has 138 valence electrons. The number of hydrogen-bond acceptors (Lipinski definition) is 3. The first-order chi connectivity index (χ1) is 12.7. The third kappa shape index (κ3) is 4.82. The molecule has 0 spiro atoms. The number of anilines is 1. The maximum atomic E-state index is 6.11. The van der Waals surface area contributed by atoms with Crippen LogP contribution in [0.3, 0.4) is 0 Å². The molecule has 0 aliphatic carbocycles. The van der Waals surface area contributed by atoms with Gasteiger partial charge in [-0.3, -0.25) is 4.99 Å². The molecule has 1 aliphatic rings. The number of nitrogens with one attached hydrogen (secondary N) is 2. The zero-order valence-corrected chi connectivity index (χ0v) is 16.0. The van der Waals surface area contributed by atoms with E-state index < -0.39 is 0 Å². The van der Waals surface area contributed by atoms with E-state index in [1.54, 1.807) is 14.2 Å². The standard InChI is InChI=1S/C20H25ClN4O/c1-22-20(23-13-15-6-8-19(26-2)9-7-15)24-17-10-11-25(14-17)18-5-3-4-16(21)12-18/h3-9,12,17H,10-11,13-14H2,1-2H3,(H2,22,23,24). The quantitative estimate of drug-likeness (QED) is 0.624. The zero-order valence-electron chi connectivity index (χ0n) is 15.2. The molecule has 2 aromatic carbocycles. The topological polar surface area (TPSA) is 48.9 Å². The molecule has 0 amide bonds. The Bertz CT molecular complexity index is 748. The van der Waals surface area contributed by atoms with Gasteiger partial charge in [0.05, 0.1) is 7.11 Å². The Balaban J connectivity index is 1.50. The molecule has 1 fully saturated rings. The molecule has 2 N–H and O–H groups in total. The highest BCUT2D eigenvalue weighted by molar-refractivity contribution is 6.30. The van der Waals surface area contributed by atoms with Gasteiger partial charge in [-0.05, 0) is 42.3 Å². The van der Waals surface area contributed by atoms with E-state index in [1.165, 1.54) is 11.3 Å². The van der Waals surface area contributed by atoms with E-state index in [0.29, 0.717) is 12.6 Å². The van der Waals surface area contributed by atoms with Crippen LogP contribution in [-0.2, 0) is 6.54 Å². The van der Waals surface area contributed by atoms with Crippen molar-refractivity contribution in [1.82, 2.24) is 10.6 Å². The second-order valence-corrected chi connectivity index (χ2v) is 6.77. The molecule has 1 saturated heterocycles. The Morgan fingerprint density at radius 1 is 1.27 bits per heavy atom. The Labute approximate surface area is 160 Å². The molecule has 0 aromatic heterocycles. The largest absolute Gasteiger partial charge is 0.497 e. The molecule has 3 rings (SSSR count).